The zero-order valence-corrected chi connectivity index (χ0v) is 15.0. The van der Waals surface area contributed by atoms with Crippen LogP contribution in [0, 0.1) is 5.41 Å². The molecule has 8 heteroatoms. The van der Waals surface area contributed by atoms with Gasteiger partial charge in [-0.1, -0.05) is 11.6 Å². The van der Waals surface area contributed by atoms with Gasteiger partial charge < -0.3 is 14.8 Å². The highest BCUT2D eigenvalue weighted by atomic mass is 35.5. The van der Waals surface area contributed by atoms with Crippen LogP contribution in [-0.4, -0.2) is 48.9 Å². The van der Waals surface area contributed by atoms with Crippen LogP contribution in [0.1, 0.15) is 12.8 Å². The summed E-state index contributed by atoms with van der Waals surface area (Å²) in [4.78, 5) is 0.129. The molecule has 1 heterocycles. The third-order valence-electron chi connectivity index (χ3n) is 4.19. The van der Waals surface area contributed by atoms with Gasteiger partial charge in [-0.25, -0.2) is 13.1 Å². The Hall–Kier alpha value is -0.860. The van der Waals surface area contributed by atoms with E-state index in [0.29, 0.717) is 18.9 Å². The van der Waals surface area contributed by atoms with E-state index in [9.17, 15) is 8.42 Å². The van der Waals surface area contributed by atoms with Crippen LogP contribution in [-0.2, 0) is 14.8 Å². The Balaban J connectivity index is 2.12. The van der Waals surface area contributed by atoms with Gasteiger partial charge >= 0.3 is 0 Å². The smallest absolute Gasteiger partial charge is 0.240 e. The van der Waals surface area contributed by atoms with Crippen LogP contribution >= 0.6 is 11.6 Å². The van der Waals surface area contributed by atoms with Crippen LogP contribution in [0.25, 0.3) is 0 Å². The van der Waals surface area contributed by atoms with Crippen LogP contribution in [0.2, 0.25) is 5.02 Å². The molecule has 0 unspecified atom stereocenters. The molecule has 2 rings (SSSR count). The van der Waals surface area contributed by atoms with E-state index >= 15 is 0 Å². The Kier molecular flexibility index (Phi) is 6.27. The van der Waals surface area contributed by atoms with Gasteiger partial charge in [0, 0.05) is 19.1 Å². The zero-order valence-electron chi connectivity index (χ0n) is 13.4. The summed E-state index contributed by atoms with van der Waals surface area (Å²) in [6.45, 7) is 2.59. The van der Waals surface area contributed by atoms with Crippen LogP contribution < -0.4 is 14.8 Å². The standard InChI is InChI=1S/C15H23ClN2O4S/c1-21-11-15(5-7-17-8-6-15)10-18-23(19,20)12-3-4-14(22-2)13(16)9-12/h3-4,9,17-18H,5-8,10-11H2,1-2H3. The largest absolute Gasteiger partial charge is 0.495 e. The summed E-state index contributed by atoms with van der Waals surface area (Å²) in [5.74, 6) is 0.444. The fourth-order valence-corrected chi connectivity index (χ4v) is 4.29. The van der Waals surface area contributed by atoms with Crippen molar-refractivity contribution in [1.82, 2.24) is 10.0 Å². The summed E-state index contributed by atoms with van der Waals surface area (Å²) < 4.78 is 38.1. The zero-order chi connectivity index (χ0) is 16.9. The Labute approximate surface area is 142 Å². The van der Waals surface area contributed by atoms with E-state index < -0.39 is 10.0 Å². The van der Waals surface area contributed by atoms with E-state index in [-0.39, 0.29) is 15.3 Å². The number of halogens is 1. The van der Waals surface area contributed by atoms with Gasteiger partial charge in [-0.15, -0.1) is 0 Å². The molecule has 23 heavy (non-hydrogen) atoms. The van der Waals surface area contributed by atoms with Crippen molar-refractivity contribution in [1.29, 1.82) is 0 Å². The average molecular weight is 363 g/mol. The van der Waals surface area contributed by atoms with Gasteiger partial charge in [0.05, 0.1) is 23.6 Å². The van der Waals surface area contributed by atoms with Gasteiger partial charge in [0.25, 0.3) is 0 Å². The maximum absolute atomic E-state index is 12.5. The van der Waals surface area contributed by atoms with Crippen molar-refractivity contribution in [2.75, 3.05) is 40.5 Å². The van der Waals surface area contributed by atoms with E-state index in [2.05, 4.69) is 10.0 Å². The number of benzene rings is 1. The first kappa shape index (κ1) is 18.5. The number of hydrogen-bond donors (Lipinski definition) is 2. The van der Waals surface area contributed by atoms with E-state index in [1.54, 1.807) is 13.2 Å². The molecule has 1 aromatic rings. The lowest BCUT2D eigenvalue weighted by Gasteiger charge is -2.37. The molecular weight excluding hydrogens is 340 g/mol. The molecule has 1 aliphatic heterocycles. The van der Waals surface area contributed by atoms with Gasteiger partial charge in [0.1, 0.15) is 5.75 Å². The third-order valence-corrected chi connectivity index (χ3v) is 5.88. The van der Waals surface area contributed by atoms with E-state index in [1.807, 2.05) is 0 Å². The lowest BCUT2D eigenvalue weighted by molar-refractivity contribution is 0.0577. The fourth-order valence-electron chi connectivity index (χ4n) is 2.78. The average Bonchev–Trinajstić information content (AvgIpc) is 2.54. The number of ether oxygens (including phenoxy) is 2. The van der Waals surface area contributed by atoms with Gasteiger partial charge in [-0.3, -0.25) is 0 Å². The minimum atomic E-state index is -3.63. The lowest BCUT2D eigenvalue weighted by Crippen LogP contribution is -2.47. The Bertz CT molecular complexity index is 625. The monoisotopic (exact) mass is 362 g/mol. The second kappa shape index (κ2) is 7.81. The quantitative estimate of drug-likeness (QED) is 0.771. The molecule has 0 aliphatic carbocycles. The Morgan fingerprint density at radius 1 is 1.30 bits per heavy atom. The van der Waals surface area contributed by atoms with Crippen LogP contribution in [0.15, 0.2) is 23.1 Å². The second-order valence-electron chi connectivity index (χ2n) is 5.80. The normalized spacial score (nSPS) is 17.9. The number of rotatable bonds is 7. The molecule has 0 atom stereocenters. The predicted octanol–water partition coefficient (Wildman–Crippen LogP) is 1.64. The highest BCUT2D eigenvalue weighted by Gasteiger charge is 2.33. The summed E-state index contributed by atoms with van der Waals surface area (Å²) in [5.41, 5.74) is -0.177. The highest BCUT2D eigenvalue weighted by molar-refractivity contribution is 7.89. The molecule has 1 fully saturated rings. The fraction of sp³-hybridized carbons (Fsp3) is 0.600. The van der Waals surface area contributed by atoms with Gasteiger partial charge in [0.15, 0.2) is 0 Å². The number of hydrogen-bond acceptors (Lipinski definition) is 5. The van der Waals surface area contributed by atoms with Crippen LogP contribution in [0.4, 0.5) is 0 Å². The summed E-state index contributed by atoms with van der Waals surface area (Å²) in [6.07, 6.45) is 1.74. The number of methoxy groups -OCH3 is 2. The molecule has 2 N–H and O–H groups in total. The summed E-state index contributed by atoms with van der Waals surface area (Å²) >= 11 is 6.02. The molecule has 0 amide bonds. The molecule has 0 spiro atoms. The molecule has 1 aromatic carbocycles. The maximum atomic E-state index is 12.5. The number of sulfonamides is 1. The summed E-state index contributed by atoms with van der Waals surface area (Å²) in [6, 6.07) is 4.43. The molecule has 0 aromatic heterocycles. The van der Waals surface area contributed by atoms with Crippen molar-refractivity contribution in [2.24, 2.45) is 5.41 Å². The second-order valence-corrected chi connectivity index (χ2v) is 7.98. The Morgan fingerprint density at radius 2 is 2.00 bits per heavy atom. The molecule has 1 saturated heterocycles. The third kappa shape index (κ3) is 4.58. The van der Waals surface area contributed by atoms with Crippen molar-refractivity contribution < 1.29 is 17.9 Å². The van der Waals surface area contributed by atoms with Crippen molar-refractivity contribution >= 4 is 21.6 Å². The number of nitrogens with one attached hydrogen (secondary N) is 2. The topological polar surface area (TPSA) is 76.7 Å². The SMILES string of the molecule is COCC1(CNS(=O)(=O)c2ccc(OC)c(Cl)c2)CCNCC1. The van der Waals surface area contributed by atoms with Crippen LogP contribution in [0.5, 0.6) is 5.75 Å². The molecular formula is C15H23ClN2O4S. The lowest BCUT2D eigenvalue weighted by atomic mass is 9.80. The minimum absolute atomic E-state index is 0.129. The highest BCUT2D eigenvalue weighted by Crippen LogP contribution is 2.30. The van der Waals surface area contributed by atoms with Crippen molar-refractivity contribution in [2.45, 2.75) is 17.7 Å². The van der Waals surface area contributed by atoms with Crippen molar-refractivity contribution in [3.8, 4) is 5.75 Å². The van der Waals surface area contributed by atoms with Gasteiger partial charge in [-0.05, 0) is 44.1 Å². The molecule has 0 radical (unpaired) electrons. The maximum Gasteiger partial charge on any atom is 0.240 e. The van der Waals surface area contributed by atoms with Gasteiger partial charge in [0.2, 0.25) is 10.0 Å². The van der Waals surface area contributed by atoms with Crippen molar-refractivity contribution in [3.05, 3.63) is 23.2 Å². The molecule has 0 saturated carbocycles. The molecule has 6 nitrogen and oxygen atoms in total. The minimum Gasteiger partial charge on any atom is -0.495 e. The first-order chi connectivity index (χ1) is 10.9. The van der Waals surface area contributed by atoms with E-state index in [0.717, 1.165) is 25.9 Å². The number of piperidine rings is 1. The van der Waals surface area contributed by atoms with E-state index in [1.165, 1.54) is 19.2 Å². The summed E-state index contributed by atoms with van der Waals surface area (Å²) in [5, 5.41) is 3.55. The van der Waals surface area contributed by atoms with Gasteiger partial charge in [-0.2, -0.15) is 0 Å². The first-order valence-corrected chi connectivity index (χ1v) is 9.31. The van der Waals surface area contributed by atoms with Crippen LogP contribution in [0.3, 0.4) is 0 Å². The van der Waals surface area contributed by atoms with Crippen molar-refractivity contribution in [3.63, 3.8) is 0 Å². The Morgan fingerprint density at radius 3 is 2.57 bits per heavy atom. The summed E-state index contributed by atoms with van der Waals surface area (Å²) in [7, 11) is -0.504. The molecule has 1 aliphatic rings. The molecule has 130 valence electrons. The molecule has 0 bridgehead atoms. The van der Waals surface area contributed by atoms with E-state index in [4.69, 9.17) is 21.1 Å². The predicted molar refractivity (Wildman–Crippen MR) is 89.6 cm³/mol. The first-order valence-electron chi connectivity index (χ1n) is 7.45.